The highest BCUT2D eigenvalue weighted by Crippen LogP contribution is 2.35. The minimum Gasteiger partial charge on any atom is -0.0993 e. The fraction of sp³-hybridized carbons (Fsp3) is 0.857. The van der Waals surface area contributed by atoms with E-state index in [9.17, 15) is 0 Å². The highest BCUT2D eigenvalue weighted by atomic mass is 14.3. The first-order valence-electron chi connectivity index (χ1n) is 5.97. The molecule has 84 valence electrons. The van der Waals surface area contributed by atoms with Crippen molar-refractivity contribution < 1.29 is 0 Å². The van der Waals surface area contributed by atoms with Crippen LogP contribution in [0.3, 0.4) is 0 Å². The van der Waals surface area contributed by atoms with Crippen LogP contribution in [0.2, 0.25) is 0 Å². The van der Waals surface area contributed by atoms with Crippen LogP contribution in [0, 0.1) is 29.6 Å². The molecule has 0 aromatic carbocycles. The van der Waals surface area contributed by atoms with Gasteiger partial charge in [0.25, 0.3) is 0 Å². The third-order valence-corrected chi connectivity index (χ3v) is 3.51. The molecular weight excluding hydrogens is 168 g/mol. The van der Waals surface area contributed by atoms with Crippen molar-refractivity contribution in [3.63, 3.8) is 0 Å². The van der Waals surface area contributed by atoms with Gasteiger partial charge in [-0.15, -0.1) is 0 Å². The predicted molar refractivity (Wildman–Crippen MR) is 66.3 cm³/mol. The molecule has 0 nitrogen and oxygen atoms in total. The van der Waals surface area contributed by atoms with Crippen LogP contribution in [0.5, 0.6) is 0 Å². The van der Waals surface area contributed by atoms with Gasteiger partial charge in [0, 0.05) is 0 Å². The summed E-state index contributed by atoms with van der Waals surface area (Å²) in [6, 6.07) is 0. The number of rotatable bonds is 5. The van der Waals surface area contributed by atoms with Gasteiger partial charge in [0.05, 0.1) is 0 Å². The lowest BCUT2D eigenvalue weighted by atomic mass is 9.72. The molecule has 0 fully saturated rings. The molecule has 0 aromatic heterocycles. The maximum atomic E-state index is 4.28. The van der Waals surface area contributed by atoms with Gasteiger partial charge >= 0.3 is 0 Å². The van der Waals surface area contributed by atoms with E-state index in [4.69, 9.17) is 0 Å². The Bertz CT molecular complexity index is 174. The average Bonchev–Trinajstić information content (AvgIpc) is 2.03. The van der Waals surface area contributed by atoms with Crippen molar-refractivity contribution in [3.8, 4) is 0 Å². The molecule has 0 amide bonds. The normalized spacial score (nSPS) is 16.4. The van der Waals surface area contributed by atoms with Gasteiger partial charge in [-0.3, -0.25) is 0 Å². The average molecular weight is 196 g/mol. The Morgan fingerprint density at radius 2 is 1.21 bits per heavy atom. The highest BCUT2D eigenvalue weighted by molar-refractivity contribution is 5.06. The second-order valence-corrected chi connectivity index (χ2v) is 5.60. The van der Waals surface area contributed by atoms with E-state index in [1.54, 1.807) is 0 Å². The first-order chi connectivity index (χ1) is 6.29. The molecular formula is C14H28. The molecule has 0 aromatic rings. The fourth-order valence-electron chi connectivity index (χ4n) is 2.17. The largest absolute Gasteiger partial charge is 0.0993 e. The summed E-state index contributed by atoms with van der Waals surface area (Å²) < 4.78 is 0. The van der Waals surface area contributed by atoms with Gasteiger partial charge in [0.1, 0.15) is 0 Å². The van der Waals surface area contributed by atoms with Crippen molar-refractivity contribution in [2.75, 3.05) is 0 Å². The van der Waals surface area contributed by atoms with Gasteiger partial charge in [0.15, 0.2) is 0 Å². The fourth-order valence-corrected chi connectivity index (χ4v) is 2.17. The standard InChI is InChI=1S/C14H28/c1-9(2)12(7)14(11(5)6)13(8)10(3)4/h9-11,13-14H,7H2,1-6,8H3. The molecule has 2 atom stereocenters. The minimum absolute atomic E-state index is 0.614. The van der Waals surface area contributed by atoms with Crippen molar-refractivity contribution in [1.82, 2.24) is 0 Å². The Morgan fingerprint density at radius 1 is 0.786 bits per heavy atom. The van der Waals surface area contributed by atoms with Crippen molar-refractivity contribution in [3.05, 3.63) is 12.2 Å². The molecule has 0 N–H and O–H groups in total. The van der Waals surface area contributed by atoms with Crippen LogP contribution in [0.4, 0.5) is 0 Å². The SMILES string of the molecule is C=C(C(C)C)C(C(C)C)C(C)C(C)C. The van der Waals surface area contributed by atoms with Gasteiger partial charge in [0.2, 0.25) is 0 Å². The smallest absolute Gasteiger partial charge is 0.0152 e. The van der Waals surface area contributed by atoms with E-state index in [-0.39, 0.29) is 0 Å². The van der Waals surface area contributed by atoms with E-state index in [1.807, 2.05) is 0 Å². The molecule has 0 aliphatic rings. The molecule has 0 spiro atoms. The van der Waals surface area contributed by atoms with Crippen LogP contribution in [0.25, 0.3) is 0 Å². The summed E-state index contributed by atoms with van der Waals surface area (Å²) in [5.41, 5.74) is 1.43. The molecule has 0 heteroatoms. The zero-order valence-electron chi connectivity index (χ0n) is 11.1. The Kier molecular flexibility index (Phi) is 5.48. The number of hydrogen-bond acceptors (Lipinski definition) is 0. The highest BCUT2D eigenvalue weighted by Gasteiger charge is 2.26. The summed E-state index contributed by atoms with van der Waals surface area (Å²) in [6.07, 6.45) is 0. The van der Waals surface area contributed by atoms with Crippen LogP contribution in [-0.2, 0) is 0 Å². The van der Waals surface area contributed by atoms with Gasteiger partial charge in [-0.05, 0) is 29.6 Å². The molecule has 0 saturated carbocycles. The first-order valence-corrected chi connectivity index (χ1v) is 5.97. The molecule has 0 radical (unpaired) electrons. The van der Waals surface area contributed by atoms with Gasteiger partial charge in [-0.25, -0.2) is 0 Å². The molecule has 0 heterocycles. The quantitative estimate of drug-likeness (QED) is 0.556. The predicted octanol–water partition coefficient (Wildman–Crippen LogP) is 4.76. The first kappa shape index (κ1) is 13.7. The monoisotopic (exact) mass is 196 g/mol. The van der Waals surface area contributed by atoms with Crippen molar-refractivity contribution in [2.24, 2.45) is 29.6 Å². The Hall–Kier alpha value is -0.260. The van der Waals surface area contributed by atoms with Crippen LogP contribution in [0.15, 0.2) is 12.2 Å². The van der Waals surface area contributed by atoms with E-state index in [0.717, 1.165) is 11.8 Å². The van der Waals surface area contributed by atoms with Crippen molar-refractivity contribution >= 4 is 0 Å². The molecule has 0 bridgehead atoms. The maximum Gasteiger partial charge on any atom is -0.0152 e. The van der Waals surface area contributed by atoms with E-state index in [1.165, 1.54) is 5.57 Å². The van der Waals surface area contributed by atoms with Crippen LogP contribution in [0.1, 0.15) is 48.5 Å². The molecule has 2 unspecified atom stereocenters. The third-order valence-electron chi connectivity index (χ3n) is 3.51. The molecule has 0 saturated heterocycles. The summed E-state index contributed by atoms with van der Waals surface area (Å²) in [7, 11) is 0. The van der Waals surface area contributed by atoms with E-state index in [2.05, 4.69) is 55.0 Å². The van der Waals surface area contributed by atoms with Crippen LogP contribution in [-0.4, -0.2) is 0 Å². The Morgan fingerprint density at radius 3 is 1.43 bits per heavy atom. The summed E-state index contributed by atoms with van der Waals surface area (Å²) in [5.74, 6) is 3.49. The Balaban J connectivity index is 4.68. The molecule has 0 aliphatic heterocycles. The van der Waals surface area contributed by atoms with Gasteiger partial charge in [-0.1, -0.05) is 60.6 Å². The summed E-state index contributed by atoms with van der Waals surface area (Å²) in [4.78, 5) is 0. The van der Waals surface area contributed by atoms with Gasteiger partial charge < -0.3 is 0 Å². The molecule has 0 rings (SSSR count). The number of hydrogen-bond donors (Lipinski definition) is 0. The van der Waals surface area contributed by atoms with Crippen molar-refractivity contribution in [2.45, 2.75) is 48.5 Å². The van der Waals surface area contributed by atoms with Gasteiger partial charge in [-0.2, -0.15) is 0 Å². The third kappa shape index (κ3) is 3.48. The summed E-state index contributed by atoms with van der Waals surface area (Å²) in [6.45, 7) is 20.4. The lowest BCUT2D eigenvalue weighted by Crippen LogP contribution is -2.25. The second-order valence-electron chi connectivity index (χ2n) is 5.60. The second kappa shape index (κ2) is 5.58. The van der Waals surface area contributed by atoms with E-state index in [0.29, 0.717) is 17.8 Å². The minimum atomic E-state index is 0.614. The van der Waals surface area contributed by atoms with Crippen molar-refractivity contribution in [1.29, 1.82) is 0 Å². The Labute approximate surface area is 90.8 Å². The molecule has 0 aliphatic carbocycles. The van der Waals surface area contributed by atoms with E-state index >= 15 is 0 Å². The topological polar surface area (TPSA) is 0 Å². The summed E-state index contributed by atoms with van der Waals surface area (Å²) in [5, 5.41) is 0. The van der Waals surface area contributed by atoms with E-state index < -0.39 is 0 Å². The van der Waals surface area contributed by atoms with Crippen LogP contribution < -0.4 is 0 Å². The zero-order chi connectivity index (χ0) is 11.5. The lowest BCUT2D eigenvalue weighted by molar-refractivity contribution is 0.239. The number of allylic oxidation sites excluding steroid dienone is 1. The lowest BCUT2D eigenvalue weighted by Gasteiger charge is -2.33. The summed E-state index contributed by atoms with van der Waals surface area (Å²) >= 11 is 0. The molecule has 14 heavy (non-hydrogen) atoms. The zero-order valence-corrected chi connectivity index (χ0v) is 11.1. The van der Waals surface area contributed by atoms with Crippen LogP contribution >= 0.6 is 0 Å². The maximum absolute atomic E-state index is 4.28.